The van der Waals surface area contributed by atoms with Gasteiger partial charge in [0.25, 0.3) is 0 Å². The molecule has 1 saturated heterocycles. The lowest BCUT2D eigenvalue weighted by molar-refractivity contribution is 0.175. The van der Waals surface area contributed by atoms with Crippen molar-refractivity contribution in [2.45, 2.75) is 26.2 Å². The number of fused-ring (bicyclic) bond motifs is 1. The fourth-order valence-electron chi connectivity index (χ4n) is 4.71. The normalized spacial score (nSPS) is 18.2. The van der Waals surface area contributed by atoms with Crippen molar-refractivity contribution in [1.82, 2.24) is 30.0 Å². The SMILES string of the molecule is Cc1cccc(C)c1Nc1nn(C)c2nc(Nc3cccnc3C3CNCCC3CO)ncc12. The van der Waals surface area contributed by atoms with Crippen molar-refractivity contribution >= 4 is 34.2 Å². The molecule has 9 heteroatoms. The van der Waals surface area contributed by atoms with E-state index in [2.05, 4.69) is 57.0 Å². The third kappa shape index (κ3) is 4.20. The van der Waals surface area contributed by atoms with E-state index in [4.69, 9.17) is 4.98 Å². The highest BCUT2D eigenvalue weighted by Crippen LogP contribution is 2.33. The number of pyridine rings is 1. The summed E-state index contributed by atoms with van der Waals surface area (Å²) in [5.41, 5.74) is 5.85. The number of aliphatic hydroxyl groups excluding tert-OH is 1. The van der Waals surface area contributed by atoms with Crippen molar-refractivity contribution in [2.75, 3.05) is 30.3 Å². The van der Waals surface area contributed by atoms with Gasteiger partial charge in [-0.1, -0.05) is 18.2 Å². The van der Waals surface area contributed by atoms with E-state index < -0.39 is 0 Å². The van der Waals surface area contributed by atoms with Crippen molar-refractivity contribution in [2.24, 2.45) is 13.0 Å². The molecule has 1 aliphatic rings. The van der Waals surface area contributed by atoms with Crippen molar-refractivity contribution in [1.29, 1.82) is 0 Å². The van der Waals surface area contributed by atoms with Gasteiger partial charge in [-0.05, 0) is 56.0 Å². The third-order valence-electron chi connectivity index (χ3n) is 6.60. The number of anilines is 4. The molecule has 4 aromatic rings. The van der Waals surface area contributed by atoms with Gasteiger partial charge >= 0.3 is 0 Å². The number of aromatic nitrogens is 5. The first kappa shape index (κ1) is 22.2. The van der Waals surface area contributed by atoms with E-state index in [9.17, 15) is 5.11 Å². The van der Waals surface area contributed by atoms with E-state index >= 15 is 0 Å². The molecule has 5 rings (SSSR count). The smallest absolute Gasteiger partial charge is 0.229 e. The predicted molar refractivity (Wildman–Crippen MR) is 134 cm³/mol. The molecule has 0 saturated carbocycles. The summed E-state index contributed by atoms with van der Waals surface area (Å²) >= 11 is 0. The van der Waals surface area contributed by atoms with Crippen molar-refractivity contribution in [3.63, 3.8) is 0 Å². The first-order chi connectivity index (χ1) is 16.5. The van der Waals surface area contributed by atoms with Gasteiger partial charge in [0.05, 0.1) is 16.8 Å². The first-order valence-corrected chi connectivity index (χ1v) is 11.6. The Balaban J connectivity index is 1.45. The molecule has 0 radical (unpaired) electrons. The Labute approximate surface area is 198 Å². The maximum Gasteiger partial charge on any atom is 0.229 e. The zero-order chi connectivity index (χ0) is 23.7. The lowest BCUT2D eigenvalue weighted by Gasteiger charge is -2.31. The van der Waals surface area contributed by atoms with Crippen LogP contribution in [0.4, 0.5) is 23.1 Å². The number of benzene rings is 1. The Morgan fingerprint density at radius 2 is 1.94 bits per heavy atom. The Morgan fingerprint density at radius 3 is 2.74 bits per heavy atom. The molecular formula is C25H30N8O. The van der Waals surface area contributed by atoms with Crippen LogP contribution in [0, 0.1) is 19.8 Å². The molecule has 4 N–H and O–H groups in total. The highest BCUT2D eigenvalue weighted by atomic mass is 16.3. The molecule has 0 bridgehead atoms. The molecule has 1 aromatic carbocycles. The molecule has 34 heavy (non-hydrogen) atoms. The van der Waals surface area contributed by atoms with Crippen LogP contribution in [0.25, 0.3) is 11.0 Å². The topological polar surface area (TPSA) is 113 Å². The molecule has 1 fully saturated rings. The highest BCUT2D eigenvalue weighted by Gasteiger charge is 2.29. The number of rotatable bonds is 6. The summed E-state index contributed by atoms with van der Waals surface area (Å²) in [6, 6.07) is 10.1. The molecule has 2 atom stereocenters. The zero-order valence-corrected chi connectivity index (χ0v) is 19.7. The number of hydrogen-bond acceptors (Lipinski definition) is 8. The summed E-state index contributed by atoms with van der Waals surface area (Å²) in [5, 5.41) is 25.6. The summed E-state index contributed by atoms with van der Waals surface area (Å²) < 4.78 is 1.76. The minimum absolute atomic E-state index is 0.121. The van der Waals surface area contributed by atoms with E-state index in [1.54, 1.807) is 17.1 Å². The number of piperidine rings is 1. The van der Waals surface area contributed by atoms with E-state index in [1.807, 2.05) is 25.2 Å². The van der Waals surface area contributed by atoms with Crippen molar-refractivity contribution in [3.8, 4) is 0 Å². The van der Waals surface area contributed by atoms with E-state index in [0.29, 0.717) is 5.95 Å². The number of nitrogens with zero attached hydrogens (tertiary/aromatic N) is 5. The monoisotopic (exact) mass is 458 g/mol. The Hall–Kier alpha value is -3.56. The first-order valence-electron chi connectivity index (χ1n) is 11.6. The molecule has 176 valence electrons. The molecule has 2 unspecified atom stereocenters. The van der Waals surface area contributed by atoms with Gasteiger partial charge in [0.2, 0.25) is 5.95 Å². The summed E-state index contributed by atoms with van der Waals surface area (Å²) in [5.74, 6) is 1.50. The average molecular weight is 459 g/mol. The third-order valence-corrected chi connectivity index (χ3v) is 6.60. The Morgan fingerprint density at radius 1 is 1.12 bits per heavy atom. The number of nitrogens with one attached hydrogen (secondary N) is 3. The number of aryl methyl sites for hydroxylation is 3. The van der Waals surface area contributed by atoms with Crippen LogP contribution in [0.1, 0.15) is 29.2 Å². The second kappa shape index (κ2) is 9.36. The van der Waals surface area contributed by atoms with Gasteiger partial charge in [0.15, 0.2) is 11.5 Å². The van der Waals surface area contributed by atoms with Crippen LogP contribution in [-0.2, 0) is 7.05 Å². The quantitative estimate of drug-likeness (QED) is 0.347. The largest absolute Gasteiger partial charge is 0.396 e. The van der Waals surface area contributed by atoms with Crippen LogP contribution < -0.4 is 16.0 Å². The molecule has 3 aromatic heterocycles. The molecule has 0 amide bonds. The Kier molecular flexibility index (Phi) is 6.12. The highest BCUT2D eigenvalue weighted by molar-refractivity contribution is 5.90. The summed E-state index contributed by atoms with van der Waals surface area (Å²) in [6.07, 6.45) is 4.51. The lowest BCUT2D eigenvalue weighted by atomic mass is 9.84. The standard InChI is InChI=1S/C25H30N8O/c1-15-6-4-7-16(2)21(15)30-23-19-13-28-25(31-24(19)33(3)32-23)29-20-8-5-10-27-22(20)18-12-26-11-9-17(18)14-34/h4-8,10,13,17-18,26,34H,9,11-12,14H2,1-3H3,(H,30,32)(H,28,29,31). The van der Waals surface area contributed by atoms with Crippen molar-refractivity contribution in [3.05, 3.63) is 59.5 Å². The number of para-hydroxylation sites is 1. The second-order valence-electron chi connectivity index (χ2n) is 8.90. The minimum atomic E-state index is 0.121. The van der Waals surface area contributed by atoms with Gasteiger partial charge in [-0.3, -0.25) is 4.98 Å². The van der Waals surface area contributed by atoms with Crippen molar-refractivity contribution < 1.29 is 5.11 Å². The summed E-state index contributed by atoms with van der Waals surface area (Å²) in [6.45, 7) is 6.00. The molecule has 4 heterocycles. The van der Waals surface area contributed by atoms with Gasteiger partial charge in [-0.25, -0.2) is 9.67 Å². The fraction of sp³-hybridized carbons (Fsp3) is 0.360. The van der Waals surface area contributed by atoms with Gasteiger partial charge in [-0.2, -0.15) is 10.1 Å². The van der Waals surface area contributed by atoms with Crippen LogP contribution in [0.15, 0.2) is 42.7 Å². The number of aliphatic hydroxyl groups is 1. The van der Waals surface area contributed by atoms with Crippen LogP contribution in [0.2, 0.25) is 0 Å². The van der Waals surface area contributed by atoms with E-state index in [-0.39, 0.29) is 18.4 Å². The fourth-order valence-corrected chi connectivity index (χ4v) is 4.71. The molecule has 9 nitrogen and oxygen atoms in total. The maximum atomic E-state index is 9.88. The lowest BCUT2D eigenvalue weighted by Crippen LogP contribution is -2.37. The van der Waals surface area contributed by atoms with Gasteiger partial charge in [0.1, 0.15) is 0 Å². The van der Waals surface area contributed by atoms with Crippen LogP contribution >= 0.6 is 0 Å². The molecular weight excluding hydrogens is 428 g/mol. The second-order valence-corrected chi connectivity index (χ2v) is 8.90. The van der Waals surface area contributed by atoms with Gasteiger partial charge in [0, 0.05) is 44.2 Å². The van der Waals surface area contributed by atoms with Gasteiger partial charge < -0.3 is 21.1 Å². The maximum absolute atomic E-state index is 9.88. The molecule has 0 spiro atoms. The average Bonchev–Trinajstić information content (AvgIpc) is 3.16. The number of hydrogen-bond donors (Lipinski definition) is 4. The predicted octanol–water partition coefficient (Wildman–Crippen LogP) is 3.55. The Bertz CT molecular complexity index is 1300. The van der Waals surface area contributed by atoms with Gasteiger partial charge in [-0.15, -0.1) is 0 Å². The minimum Gasteiger partial charge on any atom is -0.396 e. The molecule has 0 aliphatic carbocycles. The molecule has 1 aliphatic heterocycles. The van der Waals surface area contributed by atoms with E-state index in [1.165, 1.54) is 0 Å². The van der Waals surface area contributed by atoms with E-state index in [0.717, 1.165) is 64.6 Å². The van der Waals surface area contributed by atoms with Crippen LogP contribution in [0.3, 0.4) is 0 Å². The summed E-state index contributed by atoms with van der Waals surface area (Å²) in [4.78, 5) is 14.0. The zero-order valence-electron chi connectivity index (χ0n) is 19.7. The van der Waals surface area contributed by atoms with Crippen LogP contribution in [-0.4, -0.2) is 49.5 Å². The summed E-state index contributed by atoms with van der Waals surface area (Å²) in [7, 11) is 1.88. The van der Waals surface area contributed by atoms with Crippen LogP contribution in [0.5, 0.6) is 0 Å².